The Labute approximate surface area is 166 Å². The van der Waals surface area contributed by atoms with Gasteiger partial charge in [0, 0.05) is 17.7 Å². The molecule has 10 heteroatoms. The summed E-state index contributed by atoms with van der Waals surface area (Å²) in [6.07, 6.45) is 0.654. The van der Waals surface area contributed by atoms with Gasteiger partial charge in [0.1, 0.15) is 17.1 Å². The summed E-state index contributed by atoms with van der Waals surface area (Å²) >= 11 is 0. The molecule has 2 heterocycles. The number of hydrogen-bond acceptors (Lipinski definition) is 6. The summed E-state index contributed by atoms with van der Waals surface area (Å²) in [7, 11) is 3.22. The third kappa shape index (κ3) is 3.90. The van der Waals surface area contributed by atoms with Crippen LogP contribution in [-0.4, -0.2) is 34.8 Å². The zero-order chi connectivity index (χ0) is 20.6. The summed E-state index contributed by atoms with van der Waals surface area (Å²) < 4.78 is 30.6. The maximum Gasteiger partial charge on any atom is 0.277 e. The Kier molecular flexibility index (Phi) is 5.49. The number of aromatic nitrogens is 4. The molecule has 150 valence electrons. The van der Waals surface area contributed by atoms with Crippen LogP contribution in [0.3, 0.4) is 0 Å². The topological polar surface area (TPSA) is 107 Å². The Morgan fingerprint density at radius 3 is 2.64 bits per heavy atom. The molecule has 3 aromatic rings. The Morgan fingerprint density at radius 2 is 2.04 bits per heavy atom. The van der Waals surface area contributed by atoms with Gasteiger partial charge in [-0.1, -0.05) is 13.8 Å². The second-order valence-electron chi connectivity index (χ2n) is 6.81. The Morgan fingerprint density at radius 1 is 1.32 bits per heavy atom. The smallest absolute Gasteiger partial charge is 0.277 e. The van der Waals surface area contributed by atoms with E-state index in [2.05, 4.69) is 28.9 Å². The van der Waals surface area contributed by atoms with Crippen LogP contribution in [0.15, 0.2) is 27.9 Å². The fourth-order valence-electron chi connectivity index (χ4n) is 3.03. The van der Waals surface area contributed by atoms with E-state index in [0.29, 0.717) is 47.0 Å². The number of halogens is 1. The van der Waals surface area contributed by atoms with Gasteiger partial charge in [0.15, 0.2) is 5.52 Å². The summed E-state index contributed by atoms with van der Waals surface area (Å²) in [6, 6.07) is 4.19. The number of hydrogen-bond donors (Lipinski definition) is 1. The molecule has 28 heavy (non-hydrogen) atoms. The van der Waals surface area contributed by atoms with E-state index in [9.17, 15) is 13.2 Å². The lowest BCUT2D eigenvalue weighted by Crippen LogP contribution is -2.13. The number of nitrogens with one attached hydrogen (secondary N) is 1. The fourth-order valence-corrected chi connectivity index (χ4v) is 3.80. The third-order valence-electron chi connectivity index (χ3n) is 4.15. The predicted molar refractivity (Wildman–Crippen MR) is 107 cm³/mol. The molecule has 1 aromatic carbocycles. The first-order valence-electron chi connectivity index (χ1n) is 8.79. The molecular formula is C18H21ClN4O4S. The van der Waals surface area contributed by atoms with Crippen LogP contribution < -0.4 is 10.3 Å². The monoisotopic (exact) mass is 424 g/mol. The first-order chi connectivity index (χ1) is 13.1. The zero-order valence-electron chi connectivity index (χ0n) is 16.0. The number of fused-ring (bicyclic) bond motifs is 1. The summed E-state index contributed by atoms with van der Waals surface area (Å²) in [4.78, 5) is 19.9. The zero-order valence-corrected chi connectivity index (χ0v) is 17.6. The molecule has 0 aliphatic heterocycles. The molecule has 8 nitrogen and oxygen atoms in total. The van der Waals surface area contributed by atoms with Crippen molar-refractivity contribution in [2.75, 3.05) is 6.61 Å². The van der Waals surface area contributed by atoms with E-state index in [-0.39, 0.29) is 16.3 Å². The standard InChI is InChI=1S/C18H21ClN4O4S/c1-5-27-14-7-6-11(28(19,25)26)9-12(14)17-20-15-13(8-10(2)3)22-23(4)16(15)18(24)21-17/h6-7,9-10H,5,8H2,1-4H3,(H,20,21,24). The van der Waals surface area contributed by atoms with E-state index in [4.69, 9.17) is 15.4 Å². The average molecular weight is 425 g/mol. The van der Waals surface area contributed by atoms with Crippen LogP contribution in [0.2, 0.25) is 0 Å². The number of aromatic amines is 1. The number of benzene rings is 1. The summed E-state index contributed by atoms with van der Waals surface area (Å²) in [5.41, 5.74) is 1.52. The highest BCUT2D eigenvalue weighted by Gasteiger charge is 2.20. The third-order valence-corrected chi connectivity index (χ3v) is 5.50. The van der Waals surface area contributed by atoms with Gasteiger partial charge in [-0.15, -0.1) is 0 Å². The largest absolute Gasteiger partial charge is 0.493 e. The summed E-state index contributed by atoms with van der Waals surface area (Å²) in [5, 5.41) is 4.43. The highest BCUT2D eigenvalue weighted by Crippen LogP contribution is 2.32. The van der Waals surface area contributed by atoms with Crippen molar-refractivity contribution >= 4 is 30.8 Å². The number of H-pyrrole nitrogens is 1. The minimum absolute atomic E-state index is 0.107. The van der Waals surface area contributed by atoms with Crippen molar-refractivity contribution in [2.24, 2.45) is 13.0 Å². The molecule has 0 bridgehead atoms. The molecule has 0 saturated heterocycles. The number of nitrogens with zero attached hydrogens (tertiary/aromatic N) is 3. The lowest BCUT2D eigenvalue weighted by molar-refractivity contribution is 0.341. The molecule has 0 aliphatic rings. The molecule has 0 aliphatic carbocycles. The lowest BCUT2D eigenvalue weighted by Gasteiger charge is -2.11. The normalized spacial score (nSPS) is 12.1. The highest BCUT2D eigenvalue weighted by atomic mass is 35.7. The van der Waals surface area contributed by atoms with Crippen molar-refractivity contribution in [3.63, 3.8) is 0 Å². The highest BCUT2D eigenvalue weighted by molar-refractivity contribution is 8.13. The van der Waals surface area contributed by atoms with Crippen molar-refractivity contribution in [1.82, 2.24) is 19.7 Å². The fraction of sp³-hybridized carbons (Fsp3) is 0.389. The van der Waals surface area contributed by atoms with Crippen molar-refractivity contribution in [1.29, 1.82) is 0 Å². The van der Waals surface area contributed by atoms with Crippen LogP contribution >= 0.6 is 10.7 Å². The number of aryl methyl sites for hydroxylation is 1. The molecule has 0 atom stereocenters. The van der Waals surface area contributed by atoms with Crippen LogP contribution in [0.4, 0.5) is 0 Å². The van der Waals surface area contributed by atoms with Crippen LogP contribution in [0.5, 0.6) is 5.75 Å². The van der Waals surface area contributed by atoms with Crippen LogP contribution in [0.1, 0.15) is 26.5 Å². The Bertz CT molecular complexity index is 1200. The predicted octanol–water partition coefficient (Wildman–Crippen LogP) is 2.85. The Hall–Kier alpha value is -2.39. The van der Waals surface area contributed by atoms with Gasteiger partial charge in [0.05, 0.1) is 22.8 Å². The first-order valence-corrected chi connectivity index (χ1v) is 11.1. The molecule has 0 unspecified atom stereocenters. The van der Waals surface area contributed by atoms with Crippen molar-refractivity contribution in [3.05, 3.63) is 34.2 Å². The lowest BCUT2D eigenvalue weighted by atomic mass is 10.1. The van der Waals surface area contributed by atoms with E-state index in [0.717, 1.165) is 0 Å². The SMILES string of the molecule is CCOc1ccc(S(=O)(=O)Cl)cc1-c1nc2c(CC(C)C)nn(C)c2c(=O)[nH]1. The van der Waals surface area contributed by atoms with E-state index >= 15 is 0 Å². The molecular weight excluding hydrogens is 404 g/mol. The van der Waals surface area contributed by atoms with E-state index in [1.165, 1.54) is 22.9 Å². The Balaban J connectivity index is 2.30. The summed E-state index contributed by atoms with van der Waals surface area (Å²) in [5.74, 6) is 0.913. The van der Waals surface area contributed by atoms with Gasteiger partial charge in [-0.3, -0.25) is 9.48 Å². The number of rotatable bonds is 6. The number of ether oxygens (including phenoxy) is 1. The maximum absolute atomic E-state index is 12.7. The van der Waals surface area contributed by atoms with Gasteiger partial charge in [-0.05, 0) is 37.5 Å². The molecule has 0 saturated carbocycles. The maximum atomic E-state index is 12.7. The van der Waals surface area contributed by atoms with Gasteiger partial charge in [-0.2, -0.15) is 5.10 Å². The first kappa shape index (κ1) is 20.3. The second kappa shape index (κ2) is 7.56. The van der Waals surface area contributed by atoms with Gasteiger partial charge in [0.25, 0.3) is 14.6 Å². The molecule has 0 radical (unpaired) electrons. The molecule has 0 fully saturated rings. The molecule has 2 aromatic heterocycles. The van der Waals surface area contributed by atoms with Gasteiger partial charge in [-0.25, -0.2) is 13.4 Å². The van der Waals surface area contributed by atoms with Gasteiger partial charge < -0.3 is 9.72 Å². The van der Waals surface area contributed by atoms with E-state index in [1.54, 1.807) is 14.0 Å². The van der Waals surface area contributed by atoms with E-state index < -0.39 is 9.05 Å². The van der Waals surface area contributed by atoms with Gasteiger partial charge >= 0.3 is 0 Å². The van der Waals surface area contributed by atoms with Crippen molar-refractivity contribution in [2.45, 2.75) is 32.1 Å². The van der Waals surface area contributed by atoms with Crippen LogP contribution in [0.25, 0.3) is 22.4 Å². The minimum atomic E-state index is -3.96. The average Bonchev–Trinajstić information content (AvgIpc) is 2.90. The molecule has 1 N–H and O–H groups in total. The van der Waals surface area contributed by atoms with Gasteiger partial charge in [0.2, 0.25) is 0 Å². The minimum Gasteiger partial charge on any atom is -0.493 e. The van der Waals surface area contributed by atoms with E-state index in [1.807, 2.05) is 0 Å². The van der Waals surface area contributed by atoms with Crippen LogP contribution in [0, 0.1) is 5.92 Å². The second-order valence-corrected chi connectivity index (χ2v) is 9.37. The molecule has 0 amide bonds. The van der Waals surface area contributed by atoms with Crippen molar-refractivity contribution in [3.8, 4) is 17.1 Å². The van der Waals surface area contributed by atoms with Crippen LogP contribution in [-0.2, 0) is 22.5 Å². The van der Waals surface area contributed by atoms with Crippen molar-refractivity contribution < 1.29 is 13.2 Å². The molecule has 3 rings (SSSR count). The quantitative estimate of drug-likeness (QED) is 0.609. The molecule has 0 spiro atoms. The summed E-state index contributed by atoms with van der Waals surface area (Å²) in [6.45, 7) is 6.27.